The van der Waals surface area contributed by atoms with E-state index in [0.29, 0.717) is 26.4 Å². The highest BCUT2D eigenvalue weighted by molar-refractivity contribution is 5.69. The summed E-state index contributed by atoms with van der Waals surface area (Å²) in [6.45, 7) is 5.05. The van der Waals surface area contributed by atoms with Crippen molar-refractivity contribution in [1.29, 1.82) is 0 Å². The van der Waals surface area contributed by atoms with Crippen LogP contribution in [0.25, 0.3) is 0 Å². The second-order valence-electron chi connectivity index (χ2n) is 2.87. The largest absolute Gasteiger partial charge is 0.480 e. The molecule has 14 heavy (non-hydrogen) atoms. The highest BCUT2D eigenvalue weighted by Crippen LogP contribution is 1.88. The van der Waals surface area contributed by atoms with Gasteiger partial charge in [-0.25, -0.2) is 0 Å². The fraction of sp³-hybridized carbons (Fsp3) is 0.889. The number of rotatable bonds is 9. The minimum absolute atomic E-state index is 0.0735. The van der Waals surface area contributed by atoms with Crippen LogP contribution in [0.2, 0.25) is 0 Å². The molecule has 0 aromatic carbocycles. The number of carboxylic acids is 1. The van der Waals surface area contributed by atoms with Crippen LogP contribution in [-0.2, 0) is 14.3 Å². The third kappa shape index (κ3) is 7.97. The van der Waals surface area contributed by atoms with Gasteiger partial charge in [-0.1, -0.05) is 6.92 Å². The van der Waals surface area contributed by atoms with Crippen LogP contribution in [0.15, 0.2) is 0 Å². The Labute approximate surface area is 84.6 Å². The number of likely N-dealkylation sites (N-methyl/N-ethyl adjacent to an activating group) is 1. The van der Waals surface area contributed by atoms with Crippen LogP contribution in [0.4, 0.5) is 0 Å². The van der Waals surface area contributed by atoms with E-state index in [4.69, 9.17) is 14.6 Å². The van der Waals surface area contributed by atoms with Crippen LogP contribution < -0.4 is 0 Å². The van der Waals surface area contributed by atoms with E-state index in [1.165, 1.54) is 0 Å². The Bertz CT molecular complexity index is 152. The maximum Gasteiger partial charge on any atom is 0.317 e. The summed E-state index contributed by atoms with van der Waals surface area (Å²) in [5, 5.41) is 8.55. The number of hydrogen-bond acceptors (Lipinski definition) is 4. The van der Waals surface area contributed by atoms with Crippen LogP contribution in [0.5, 0.6) is 0 Å². The molecule has 0 bridgehead atoms. The molecule has 0 atom stereocenters. The highest BCUT2D eigenvalue weighted by Gasteiger charge is 2.06. The zero-order valence-electron chi connectivity index (χ0n) is 8.86. The monoisotopic (exact) mass is 205 g/mol. The van der Waals surface area contributed by atoms with Gasteiger partial charge >= 0.3 is 5.97 Å². The summed E-state index contributed by atoms with van der Waals surface area (Å²) in [5.74, 6) is -0.802. The van der Waals surface area contributed by atoms with E-state index in [9.17, 15) is 4.79 Å². The molecule has 0 aliphatic rings. The van der Waals surface area contributed by atoms with Gasteiger partial charge < -0.3 is 14.6 Å². The number of carbonyl (C=O) groups is 1. The maximum absolute atomic E-state index is 10.4. The summed E-state index contributed by atoms with van der Waals surface area (Å²) in [6, 6.07) is 0. The van der Waals surface area contributed by atoms with Gasteiger partial charge in [-0.3, -0.25) is 9.69 Å². The molecule has 0 saturated carbocycles. The molecule has 5 heteroatoms. The van der Waals surface area contributed by atoms with Crippen molar-refractivity contribution in [3.05, 3.63) is 0 Å². The fourth-order valence-corrected chi connectivity index (χ4v) is 0.978. The van der Waals surface area contributed by atoms with Gasteiger partial charge in [-0.05, 0) is 6.54 Å². The Kier molecular flexibility index (Phi) is 8.51. The lowest BCUT2D eigenvalue weighted by atomic mass is 10.4. The smallest absolute Gasteiger partial charge is 0.317 e. The predicted molar refractivity (Wildman–Crippen MR) is 52.4 cm³/mol. The van der Waals surface area contributed by atoms with Gasteiger partial charge in [0.2, 0.25) is 0 Å². The van der Waals surface area contributed by atoms with Gasteiger partial charge in [0.05, 0.1) is 26.4 Å². The number of methoxy groups -OCH3 is 1. The summed E-state index contributed by atoms with van der Waals surface area (Å²) in [4.78, 5) is 12.2. The summed E-state index contributed by atoms with van der Waals surface area (Å²) in [7, 11) is 1.62. The quantitative estimate of drug-likeness (QED) is 0.539. The summed E-state index contributed by atoms with van der Waals surface area (Å²) in [5.41, 5.74) is 0. The van der Waals surface area contributed by atoms with Gasteiger partial charge in [0, 0.05) is 13.7 Å². The minimum Gasteiger partial charge on any atom is -0.480 e. The van der Waals surface area contributed by atoms with Crippen molar-refractivity contribution in [2.45, 2.75) is 6.92 Å². The molecule has 0 unspecified atom stereocenters. The van der Waals surface area contributed by atoms with Crippen molar-refractivity contribution in [3.63, 3.8) is 0 Å². The zero-order valence-corrected chi connectivity index (χ0v) is 8.86. The normalized spacial score (nSPS) is 10.8. The Morgan fingerprint density at radius 1 is 1.36 bits per heavy atom. The van der Waals surface area contributed by atoms with Gasteiger partial charge in [-0.2, -0.15) is 0 Å². The topological polar surface area (TPSA) is 59.0 Å². The molecule has 84 valence electrons. The van der Waals surface area contributed by atoms with Gasteiger partial charge in [0.15, 0.2) is 0 Å². The molecule has 5 nitrogen and oxygen atoms in total. The summed E-state index contributed by atoms with van der Waals surface area (Å²) in [6.07, 6.45) is 0. The first-order chi connectivity index (χ1) is 6.70. The number of aliphatic carboxylic acids is 1. The van der Waals surface area contributed by atoms with E-state index < -0.39 is 5.97 Å². The summed E-state index contributed by atoms with van der Waals surface area (Å²) >= 11 is 0. The minimum atomic E-state index is -0.802. The third-order valence-electron chi connectivity index (χ3n) is 1.79. The van der Waals surface area contributed by atoms with Crippen LogP contribution in [0.3, 0.4) is 0 Å². The molecule has 0 aromatic rings. The molecule has 0 radical (unpaired) electrons. The predicted octanol–water partition coefficient (Wildman–Crippen LogP) is 0.0559. The standard InChI is InChI=1S/C9H19NO4/c1-3-10(8-9(11)12)4-5-14-7-6-13-2/h3-8H2,1-2H3,(H,11,12). The van der Waals surface area contributed by atoms with E-state index in [0.717, 1.165) is 6.54 Å². The molecule has 0 aliphatic carbocycles. The lowest BCUT2D eigenvalue weighted by Crippen LogP contribution is -2.32. The Morgan fingerprint density at radius 2 is 2.07 bits per heavy atom. The molecule has 0 aromatic heterocycles. The molecule has 0 saturated heterocycles. The van der Waals surface area contributed by atoms with Crippen LogP contribution in [0, 0.1) is 0 Å². The number of hydrogen-bond donors (Lipinski definition) is 1. The van der Waals surface area contributed by atoms with Gasteiger partial charge in [0.1, 0.15) is 0 Å². The lowest BCUT2D eigenvalue weighted by Gasteiger charge is -2.17. The van der Waals surface area contributed by atoms with Crippen LogP contribution in [0.1, 0.15) is 6.92 Å². The molecule has 0 rings (SSSR count). The van der Waals surface area contributed by atoms with Crippen molar-refractivity contribution in [1.82, 2.24) is 4.90 Å². The second-order valence-corrected chi connectivity index (χ2v) is 2.87. The average Bonchev–Trinajstić information content (AvgIpc) is 2.15. The van der Waals surface area contributed by atoms with Crippen LogP contribution >= 0.6 is 0 Å². The first kappa shape index (κ1) is 13.4. The molecular formula is C9H19NO4. The van der Waals surface area contributed by atoms with Crippen LogP contribution in [-0.4, -0.2) is 62.5 Å². The van der Waals surface area contributed by atoms with Crippen molar-refractivity contribution in [2.75, 3.05) is 46.6 Å². The molecule has 0 heterocycles. The molecule has 0 amide bonds. The molecule has 0 fully saturated rings. The van der Waals surface area contributed by atoms with Crippen molar-refractivity contribution in [2.24, 2.45) is 0 Å². The number of carboxylic acid groups (broad SMARTS) is 1. The van der Waals surface area contributed by atoms with Crippen molar-refractivity contribution < 1.29 is 19.4 Å². The van der Waals surface area contributed by atoms with E-state index >= 15 is 0 Å². The molecular weight excluding hydrogens is 186 g/mol. The van der Waals surface area contributed by atoms with Crippen molar-refractivity contribution >= 4 is 5.97 Å². The van der Waals surface area contributed by atoms with Crippen molar-refractivity contribution in [3.8, 4) is 0 Å². The fourth-order valence-electron chi connectivity index (χ4n) is 0.978. The first-order valence-electron chi connectivity index (χ1n) is 4.71. The molecule has 1 N–H and O–H groups in total. The lowest BCUT2D eigenvalue weighted by molar-refractivity contribution is -0.138. The Hall–Kier alpha value is -0.650. The highest BCUT2D eigenvalue weighted by atomic mass is 16.5. The second kappa shape index (κ2) is 8.93. The van der Waals surface area contributed by atoms with E-state index in [1.807, 2.05) is 11.8 Å². The Balaban J connectivity index is 3.38. The van der Waals surface area contributed by atoms with E-state index in [-0.39, 0.29) is 6.54 Å². The number of nitrogens with zero attached hydrogens (tertiary/aromatic N) is 1. The maximum atomic E-state index is 10.4. The average molecular weight is 205 g/mol. The SMILES string of the molecule is CCN(CCOCCOC)CC(=O)O. The van der Waals surface area contributed by atoms with E-state index in [1.54, 1.807) is 7.11 Å². The van der Waals surface area contributed by atoms with Gasteiger partial charge in [0.25, 0.3) is 0 Å². The zero-order chi connectivity index (χ0) is 10.8. The first-order valence-corrected chi connectivity index (χ1v) is 4.71. The summed E-state index contributed by atoms with van der Waals surface area (Å²) < 4.78 is 10.0. The molecule has 0 aliphatic heterocycles. The van der Waals surface area contributed by atoms with Gasteiger partial charge in [-0.15, -0.1) is 0 Å². The third-order valence-corrected chi connectivity index (χ3v) is 1.79. The van der Waals surface area contributed by atoms with E-state index in [2.05, 4.69) is 0 Å². The Morgan fingerprint density at radius 3 is 2.57 bits per heavy atom. The molecule has 0 spiro atoms. The number of ether oxygens (including phenoxy) is 2.